The van der Waals surface area contributed by atoms with Crippen LogP contribution < -0.4 is 20.4 Å². The quantitative estimate of drug-likeness (QED) is 0.512. The summed E-state index contributed by atoms with van der Waals surface area (Å²) in [5.74, 6) is 0.255. The maximum absolute atomic E-state index is 11.9. The van der Waals surface area contributed by atoms with E-state index in [1.165, 1.54) is 6.08 Å². The van der Waals surface area contributed by atoms with E-state index >= 15 is 0 Å². The Bertz CT molecular complexity index is 846. The van der Waals surface area contributed by atoms with Gasteiger partial charge in [0.2, 0.25) is 5.91 Å². The molecule has 1 aliphatic heterocycles. The van der Waals surface area contributed by atoms with Crippen LogP contribution in [0.3, 0.4) is 0 Å². The van der Waals surface area contributed by atoms with E-state index in [2.05, 4.69) is 22.5 Å². The molecule has 0 unspecified atom stereocenters. The maximum atomic E-state index is 11.9. The monoisotopic (exact) mass is 419 g/mol. The van der Waals surface area contributed by atoms with Crippen LogP contribution in [-0.4, -0.2) is 43.7 Å². The second-order valence-corrected chi connectivity index (χ2v) is 7.36. The number of likely N-dealkylation sites (N-methyl/N-ethyl adjacent to an activating group) is 1. The predicted molar refractivity (Wildman–Crippen MR) is 117 cm³/mol. The standard InChI is InChI=1S/C20H23ClN4O2S/c1-2-24-9-11-25(12-10-24)18-7-5-15(14-17(18)21)22-20(28)23-19(26)8-6-16-4-3-13-27-16/h3-8,13-14H,2,9-12H2,1H3,(H2,22,23,26,28)/p+1/b8-6+. The molecule has 0 radical (unpaired) electrons. The van der Waals surface area contributed by atoms with Crippen molar-refractivity contribution in [3.05, 3.63) is 53.5 Å². The Balaban J connectivity index is 1.53. The van der Waals surface area contributed by atoms with Gasteiger partial charge in [-0.1, -0.05) is 11.6 Å². The number of anilines is 2. The summed E-state index contributed by atoms with van der Waals surface area (Å²) in [6.45, 7) is 7.60. The Morgan fingerprint density at radius 1 is 1.36 bits per heavy atom. The minimum Gasteiger partial charge on any atom is -0.465 e. The first-order valence-electron chi connectivity index (χ1n) is 9.26. The van der Waals surface area contributed by atoms with Gasteiger partial charge in [-0.05, 0) is 55.5 Å². The predicted octanol–water partition coefficient (Wildman–Crippen LogP) is 2.18. The van der Waals surface area contributed by atoms with Crippen LogP contribution in [0.2, 0.25) is 5.02 Å². The van der Waals surface area contributed by atoms with E-state index in [1.807, 2.05) is 18.2 Å². The van der Waals surface area contributed by atoms with E-state index in [4.69, 9.17) is 28.2 Å². The van der Waals surface area contributed by atoms with Crippen molar-refractivity contribution in [1.29, 1.82) is 0 Å². The lowest BCUT2D eigenvalue weighted by atomic mass is 10.2. The molecule has 148 valence electrons. The fraction of sp³-hybridized carbons (Fsp3) is 0.300. The Labute approximate surface area is 175 Å². The molecule has 1 amide bonds. The molecule has 1 saturated heterocycles. The molecule has 0 saturated carbocycles. The number of thiocarbonyl (C=S) groups is 1. The van der Waals surface area contributed by atoms with E-state index in [9.17, 15) is 4.79 Å². The third-order valence-electron chi connectivity index (χ3n) is 4.70. The summed E-state index contributed by atoms with van der Waals surface area (Å²) in [6.07, 6.45) is 4.48. The molecule has 1 aromatic carbocycles. The lowest BCUT2D eigenvalue weighted by Gasteiger charge is -2.33. The SMILES string of the molecule is CC[NH+]1CCN(c2ccc(NC(=S)NC(=O)/C=C/c3ccco3)cc2Cl)CC1. The van der Waals surface area contributed by atoms with Gasteiger partial charge in [-0.3, -0.25) is 10.1 Å². The van der Waals surface area contributed by atoms with Gasteiger partial charge in [-0.2, -0.15) is 0 Å². The lowest BCUT2D eigenvalue weighted by molar-refractivity contribution is -0.898. The first-order valence-corrected chi connectivity index (χ1v) is 10.1. The zero-order valence-corrected chi connectivity index (χ0v) is 17.3. The van der Waals surface area contributed by atoms with Crippen LogP contribution in [0.1, 0.15) is 12.7 Å². The van der Waals surface area contributed by atoms with E-state index in [1.54, 1.807) is 29.4 Å². The Morgan fingerprint density at radius 3 is 2.79 bits per heavy atom. The minimum atomic E-state index is -0.340. The second-order valence-electron chi connectivity index (χ2n) is 6.55. The number of piperazine rings is 1. The highest BCUT2D eigenvalue weighted by atomic mass is 35.5. The number of rotatable bonds is 5. The van der Waals surface area contributed by atoms with Crippen LogP contribution >= 0.6 is 23.8 Å². The number of benzene rings is 1. The largest absolute Gasteiger partial charge is 0.465 e. The number of carbonyl (C=O) groups excluding carboxylic acids is 1. The van der Waals surface area contributed by atoms with Crippen molar-refractivity contribution in [1.82, 2.24) is 5.32 Å². The number of halogens is 1. The van der Waals surface area contributed by atoms with Crippen molar-refractivity contribution in [3.63, 3.8) is 0 Å². The number of furan rings is 1. The third kappa shape index (κ3) is 5.58. The molecule has 2 aromatic rings. The lowest BCUT2D eigenvalue weighted by Crippen LogP contribution is -3.14. The Hall–Kier alpha value is -2.35. The number of quaternary nitrogens is 1. The van der Waals surface area contributed by atoms with Crippen LogP contribution in [0.5, 0.6) is 0 Å². The van der Waals surface area contributed by atoms with Gasteiger partial charge in [0.15, 0.2) is 5.11 Å². The van der Waals surface area contributed by atoms with Crippen LogP contribution in [0.4, 0.5) is 11.4 Å². The number of nitrogens with one attached hydrogen (secondary N) is 3. The molecule has 3 N–H and O–H groups in total. The first-order chi connectivity index (χ1) is 13.5. The molecule has 0 spiro atoms. The fourth-order valence-corrected chi connectivity index (χ4v) is 3.64. The van der Waals surface area contributed by atoms with Crippen LogP contribution in [-0.2, 0) is 4.79 Å². The minimum absolute atomic E-state index is 0.207. The number of nitrogens with zero attached hydrogens (tertiary/aromatic N) is 1. The molecule has 8 heteroatoms. The van der Waals surface area contributed by atoms with Crippen LogP contribution in [0.15, 0.2) is 47.1 Å². The van der Waals surface area contributed by atoms with E-state index in [0.717, 1.165) is 44.1 Å². The third-order valence-corrected chi connectivity index (χ3v) is 5.20. The second kappa shape index (κ2) is 9.73. The highest BCUT2D eigenvalue weighted by Gasteiger charge is 2.20. The van der Waals surface area contributed by atoms with Crippen molar-refractivity contribution < 1.29 is 14.1 Å². The van der Waals surface area contributed by atoms with Crippen molar-refractivity contribution in [3.8, 4) is 0 Å². The Kier molecular flexibility index (Phi) is 7.08. The molecular formula is C20H24ClN4O2S+. The normalized spacial score (nSPS) is 15.0. The summed E-state index contributed by atoms with van der Waals surface area (Å²) >= 11 is 11.7. The van der Waals surface area contributed by atoms with E-state index in [-0.39, 0.29) is 11.0 Å². The molecule has 0 aliphatic carbocycles. The summed E-state index contributed by atoms with van der Waals surface area (Å²) in [5.41, 5.74) is 1.76. The average molecular weight is 420 g/mol. The number of carbonyl (C=O) groups is 1. The van der Waals surface area contributed by atoms with Gasteiger partial charge < -0.3 is 19.5 Å². The Morgan fingerprint density at radius 2 is 2.14 bits per heavy atom. The van der Waals surface area contributed by atoms with E-state index < -0.39 is 0 Å². The van der Waals surface area contributed by atoms with Gasteiger partial charge in [-0.15, -0.1) is 0 Å². The molecule has 0 atom stereocenters. The summed E-state index contributed by atoms with van der Waals surface area (Å²) < 4.78 is 5.14. The van der Waals surface area contributed by atoms with Gasteiger partial charge in [0.1, 0.15) is 5.76 Å². The fourth-order valence-electron chi connectivity index (χ4n) is 3.12. The van der Waals surface area contributed by atoms with Crippen LogP contribution in [0.25, 0.3) is 6.08 Å². The molecule has 28 heavy (non-hydrogen) atoms. The topological polar surface area (TPSA) is 62.0 Å². The van der Waals surface area contributed by atoms with Gasteiger partial charge in [-0.25, -0.2) is 0 Å². The summed E-state index contributed by atoms with van der Waals surface area (Å²) in [4.78, 5) is 15.8. The van der Waals surface area contributed by atoms with E-state index in [0.29, 0.717) is 10.8 Å². The zero-order valence-electron chi connectivity index (χ0n) is 15.7. The molecule has 0 bridgehead atoms. The van der Waals surface area contributed by atoms with Gasteiger partial charge >= 0.3 is 0 Å². The van der Waals surface area contributed by atoms with Crippen molar-refractivity contribution >= 4 is 52.3 Å². The molecule has 3 rings (SSSR count). The van der Waals surface area contributed by atoms with Crippen molar-refractivity contribution in [2.75, 3.05) is 42.9 Å². The van der Waals surface area contributed by atoms with Crippen molar-refractivity contribution in [2.24, 2.45) is 0 Å². The molecule has 2 heterocycles. The van der Waals surface area contributed by atoms with Gasteiger partial charge in [0.25, 0.3) is 0 Å². The summed E-state index contributed by atoms with van der Waals surface area (Å²) in [5, 5.41) is 6.45. The van der Waals surface area contributed by atoms with Gasteiger partial charge in [0, 0.05) is 11.8 Å². The molecule has 1 aliphatic rings. The zero-order chi connectivity index (χ0) is 19.9. The summed E-state index contributed by atoms with van der Waals surface area (Å²) in [7, 11) is 0. The summed E-state index contributed by atoms with van der Waals surface area (Å²) in [6, 6.07) is 9.24. The number of amides is 1. The highest BCUT2D eigenvalue weighted by Crippen LogP contribution is 2.28. The number of hydrogen-bond acceptors (Lipinski definition) is 4. The number of hydrogen-bond donors (Lipinski definition) is 3. The van der Waals surface area contributed by atoms with Gasteiger partial charge in [0.05, 0.1) is 49.7 Å². The molecular weight excluding hydrogens is 396 g/mol. The molecule has 1 aromatic heterocycles. The average Bonchev–Trinajstić information content (AvgIpc) is 3.20. The maximum Gasteiger partial charge on any atom is 0.250 e. The van der Waals surface area contributed by atoms with Crippen molar-refractivity contribution in [2.45, 2.75) is 6.92 Å². The smallest absolute Gasteiger partial charge is 0.250 e. The highest BCUT2D eigenvalue weighted by molar-refractivity contribution is 7.80. The van der Waals surface area contributed by atoms with Crippen LogP contribution in [0, 0.1) is 0 Å². The molecule has 1 fully saturated rings. The molecule has 6 nitrogen and oxygen atoms in total. The first kappa shape index (κ1) is 20.4.